The van der Waals surface area contributed by atoms with Crippen LogP contribution in [-0.2, 0) is 16.4 Å². The lowest BCUT2D eigenvalue weighted by atomic mass is 9.82. The number of hydrogen-bond acceptors (Lipinski definition) is 5. The minimum atomic E-state index is -4.14. The van der Waals surface area contributed by atoms with Crippen molar-refractivity contribution in [2.75, 3.05) is 12.4 Å². The van der Waals surface area contributed by atoms with E-state index in [0.717, 1.165) is 10.9 Å². The van der Waals surface area contributed by atoms with Crippen LogP contribution in [-0.4, -0.2) is 42.8 Å². The van der Waals surface area contributed by atoms with Crippen LogP contribution in [0.2, 0.25) is 0 Å². The van der Waals surface area contributed by atoms with Crippen LogP contribution in [0.25, 0.3) is 10.9 Å². The van der Waals surface area contributed by atoms with E-state index in [0.29, 0.717) is 29.9 Å². The Balaban J connectivity index is 1.36. The maximum atomic E-state index is 12.9. The van der Waals surface area contributed by atoms with E-state index in [4.69, 9.17) is 4.74 Å². The van der Waals surface area contributed by atoms with Crippen LogP contribution in [0.15, 0.2) is 47.5 Å². The lowest BCUT2D eigenvalue weighted by molar-refractivity contribution is -0.184. The van der Waals surface area contributed by atoms with Gasteiger partial charge in [0.1, 0.15) is 11.2 Å². The predicted molar refractivity (Wildman–Crippen MR) is 128 cm³/mol. The molecular formula is C25H28F3N3O4S. The third-order valence-electron chi connectivity index (χ3n) is 6.63. The van der Waals surface area contributed by atoms with E-state index < -0.39 is 21.9 Å². The van der Waals surface area contributed by atoms with Crippen molar-refractivity contribution in [3.63, 3.8) is 0 Å². The fourth-order valence-electron chi connectivity index (χ4n) is 4.37. The molecule has 2 heterocycles. The predicted octanol–water partition coefficient (Wildman–Crippen LogP) is 5.03. The summed E-state index contributed by atoms with van der Waals surface area (Å²) in [6, 6.07) is 9.77. The summed E-state index contributed by atoms with van der Waals surface area (Å²) in [5, 5.41) is 3.52. The number of carbonyl (C=O) groups is 1. The van der Waals surface area contributed by atoms with E-state index in [9.17, 15) is 26.4 Å². The molecule has 7 nitrogen and oxygen atoms in total. The van der Waals surface area contributed by atoms with E-state index >= 15 is 0 Å². The van der Waals surface area contributed by atoms with Gasteiger partial charge in [0.2, 0.25) is 5.88 Å². The fraction of sp³-hybridized carbons (Fsp3) is 0.440. The number of alkyl halides is 3. The van der Waals surface area contributed by atoms with Gasteiger partial charge in [-0.25, -0.2) is 13.4 Å². The molecule has 0 aliphatic heterocycles. The van der Waals surface area contributed by atoms with E-state index in [2.05, 4.69) is 15.3 Å². The molecule has 1 fully saturated rings. The van der Waals surface area contributed by atoms with Crippen molar-refractivity contribution in [3.05, 3.63) is 53.9 Å². The molecule has 1 aliphatic carbocycles. The van der Waals surface area contributed by atoms with Crippen molar-refractivity contribution in [3.8, 4) is 5.88 Å². The zero-order valence-corrected chi connectivity index (χ0v) is 20.6. The Hall–Kier alpha value is -3.08. The Labute approximate surface area is 207 Å². The van der Waals surface area contributed by atoms with Crippen LogP contribution in [0.1, 0.15) is 48.7 Å². The number of benzene rings is 1. The number of aromatic nitrogens is 2. The second-order valence-electron chi connectivity index (χ2n) is 9.06. The van der Waals surface area contributed by atoms with Gasteiger partial charge in [-0.05, 0) is 61.4 Å². The van der Waals surface area contributed by atoms with Crippen LogP contribution in [0.4, 0.5) is 13.2 Å². The van der Waals surface area contributed by atoms with Crippen molar-refractivity contribution >= 4 is 26.6 Å². The number of sulfone groups is 1. The molecule has 36 heavy (non-hydrogen) atoms. The highest BCUT2D eigenvalue weighted by molar-refractivity contribution is 7.91. The average Bonchev–Trinajstić information content (AvgIpc) is 3.31. The van der Waals surface area contributed by atoms with Crippen LogP contribution in [0.5, 0.6) is 5.88 Å². The Morgan fingerprint density at radius 2 is 1.83 bits per heavy atom. The number of halogens is 3. The van der Waals surface area contributed by atoms with Crippen LogP contribution in [0.3, 0.4) is 0 Å². The van der Waals surface area contributed by atoms with Gasteiger partial charge in [0.25, 0.3) is 5.91 Å². The van der Waals surface area contributed by atoms with Crippen LogP contribution in [0, 0.1) is 11.8 Å². The van der Waals surface area contributed by atoms with Crippen molar-refractivity contribution in [1.29, 1.82) is 0 Å². The van der Waals surface area contributed by atoms with E-state index in [1.807, 2.05) is 0 Å². The van der Waals surface area contributed by atoms with E-state index in [1.165, 1.54) is 12.1 Å². The molecule has 1 amide bonds. The molecule has 1 saturated carbocycles. The topological polar surface area (TPSA) is 101 Å². The van der Waals surface area contributed by atoms with Gasteiger partial charge in [0, 0.05) is 18.1 Å². The van der Waals surface area contributed by atoms with E-state index in [1.54, 1.807) is 37.4 Å². The normalized spacial score (nSPS) is 18.8. The molecule has 3 aromatic rings. The molecule has 0 atom stereocenters. The molecule has 0 radical (unpaired) electrons. The first-order valence-electron chi connectivity index (χ1n) is 11.8. The van der Waals surface area contributed by atoms with Crippen molar-refractivity contribution in [2.24, 2.45) is 11.8 Å². The molecule has 2 N–H and O–H groups in total. The monoisotopic (exact) mass is 523 g/mol. The minimum Gasteiger partial charge on any atom is -0.476 e. The smallest absolute Gasteiger partial charge is 0.391 e. The highest BCUT2D eigenvalue weighted by Crippen LogP contribution is 2.39. The molecule has 1 aliphatic rings. The van der Waals surface area contributed by atoms with Gasteiger partial charge < -0.3 is 15.0 Å². The number of aromatic amines is 1. The number of nitrogens with one attached hydrogen (secondary N) is 2. The Morgan fingerprint density at radius 1 is 1.14 bits per heavy atom. The maximum Gasteiger partial charge on any atom is 0.391 e. The molecule has 2 aromatic heterocycles. The van der Waals surface area contributed by atoms with Crippen molar-refractivity contribution in [2.45, 2.75) is 50.2 Å². The molecule has 11 heteroatoms. The number of nitrogens with zero attached hydrogens (tertiary/aromatic N) is 1. The second-order valence-corrected chi connectivity index (χ2v) is 11.3. The quantitative estimate of drug-likeness (QED) is 0.431. The Kier molecular flexibility index (Phi) is 7.58. The molecule has 194 valence electrons. The molecular weight excluding hydrogens is 495 g/mol. The molecule has 0 spiro atoms. The Bertz CT molecular complexity index is 1310. The maximum absolute atomic E-state index is 12.9. The summed E-state index contributed by atoms with van der Waals surface area (Å²) < 4.78 is 68.4. The van der Waals surface area contributed by atoms with Gasteiger partial charge >= 0.3 is 6.18 Å². The summed E-state index contributed by atoms with van der Waals surface area (Å²) in [6.45, 7) is 2.06. The number of ether oxygens (including phenoxy) is 1. The van der Waals surface area contributed by atoms with Gasteiger partial charge in [-0.15, -0.1) is 0 Å². The number of H-pyrrole nitrogens is 1. The van der Waals surface area contributed by atoms with Gasteiger partial charge in [-0.1, -0.05) is 19.1 Å². The SMILES string of the molecule is CCS(=O)(=O)c1ccc(CNC(=O)c2cc3ccnc(OC[C@H]4CC[C@H](C(F)(F)F)CC4)c3[nH]2)cc1. The van der Waals surface area contributed by atoms with Gasteiger partial charge in [0.15, 0.2) is 9.84 Å². The van der Waals surface area contributed by atoms with Crippen molar-refractivity contribution < 1.29 is 31.1 Å². The third kappa shape index (κ3) is 6.00. The molecule has 4 rings (SSSR count). The average molecular weight is 524 g/mol. The number of carbonyl (C=O) groups excluding carboxylic acids is 1. The van der Waals surface area contributed by atoms with Gasteiger partial charge in [-0.3, -0.25) is 4.79 Å². The van der Waals surface area contributed by atoms with Crippen LogP contribution < -0.4 is 10.1 Å². The first-order chi connectivity index (χ1) is 17.1. The first-order valence-corrected chi connectivity index (χ1v) is 13.5. The fourth-order valence-corrected chi connectivity index (χ4v) is 5.26. The Morgan fingerprint density at radius 3 is 2.47 bits per heavy atom. The summed E-state index contributed by atoms with van der Waals surface area (Å²) in [5.74, 6) is -1.24. The zero-order chi connectivity index (χ0) is 25.9. The zero-order valence-electron chi connectivity index (χ0n) is 19.8. The lowest BCUT2D eigenvalue weighted by Gasteiger charge is -2.29. The standard InChI is InChI=1S/C25H28F3N3O4S/c1-2-36(33,34)20-9-5-16(6-10-20)14-30-23(32)21-13-18-11-12-29-24(22(18)31-21)35-15-17-3-7-19(8-4-17)25(26,27)28/h5-6,9-13,17,19,31H,2-4,7-8,14-15H2,1H3,(H,30,32)/t17-,19-. The number of hydrogen-bond donors (Lipinski definition) is 2. The van der Waals surface area contributed by atoms with Gasteiger partial charge in [0.05, 0.1) is 23.2 Å². The summed E-state index contributed by atoms with van der Waals surface area (Å²) in [5.41, 5.74) is 1.60. The summed E-state index contributed by atoms with van der Waals surface area (Å²) >= 11 is 0. The molecule has 0 unspecified atom stereocenters. The highest BCUT2D eigenvalue weighted by Gasteiger charge is 2.41. The van der Waals surface area contributed by atoms with Crippen molar-refractivity contribution in [1.82, 2.24) is 15.3 Å². The summed E-state index contributed by atoms with van der Waals surface area (Å²) in [6.07, 6.45) is -1.47. The minimum absolute atomic E-state index is 0.0171. The van der Waals surface area contributed by atoms with E-state index in [-0.39, 0.29) is 48.5 Å². The largest absolute Gasteiger partial charge is 0.476 e. The molecule has 0 saturated heterocycles. The number of amides is 1. The van der Waals surface area contributed by atoms with Gasteiger partial charge in [-0.2, -0.15) is 13.2 Å². The number of pyridine rings is 1. The number of rotatable bonds is 8. The lowest BCUT2D eigenvalue weighted by Crippen LogP contribution is -2.29. The second kappa shape index (κ2) is 10.5. The summed E-state index contributed by atoms with van der Waals surface area (Å²) in [4.78, 5) is 20.2. The number of fused-ring (bicyclic) bond motifs is 1. The molecule has 1 aromatic carbocycles. The first kappa shape index (κ1) is 26.0. The molecule has 0 bridgehead atoms. The highest BCUT2D eigenvalue weighted by atomic mass is 32.2. The summed E-state index contributed by atoms with van der Waals surface area (Å²) in [7, 11) is -3.28. The third-order valence-corrected chi connectivity index (χ3v) is 8.38. The van der Waals surface area contributed by atoms with Crippen LogP contribution >= 0.6 is 0 Å².